The summed E-state index contributed by atoms with van der Waals surface area (Å²) in [5, 5.41) is 2.34. The van der Waals surface area contributed by atoms with Crippen LogP contribution in [0.2, 0.25) is 0 Å². The summed E-state index contributed by atoms with van der Waals surface area (Å²) in [4.78, 5) is 9.96. The number of fused-ring (bicyclic) bond motifs is 3. The quantitative estimate of drug-likeness (QED) is 0.137. The summed E-state index contributed by atoms with van der Waals surface area (Å²) in [5.74, 6) is 2.46. The van der Waals surface area contributed by atoms with Crippen molar-refractivity contribution >= 4 is 33.2 Å². The van der Waals surface area contributed by atoms with E-state index in [1.807, 2.05) is 6.20 Å². The molecular formula is C68H72N4O. The topological polar surface area (TPSA) is 33.5 Å². The number of nitrogens with zero attached hydrogens (tertiary/aromatic N) is 4. The van der Waals surface area contributed by atoms with Gasteiger partial charge in [-0.1, -0.05) is 193 Å². The molecule has 9 aromatic rings. The molecule has 5 heteroatoms. The zero-order chi connectivity index (χ0) is 51.7. The summed E-state index contributed by atoms with van der Waals surface area (Å²) >= 11 is 0. The fraction of sp³-hybridized carbons (Fsp3) is 0.279. The molecule has 0 atom stereocenters. The molecule has 0 amide bonds. The Bertz CT molecular complexity index is 3510. The van der Waals surface area contributed by atoms with Crippen LogP contribution in [0.3, 0.4) is 0 Å². The van der Waals surface area contributed by atoms with Crippen LogP contribution in [-0.4, -0.2) is 16.2 Å². The maximum atomic E-state index is 7.12. The van der Waals surface area contributed by atoms with Gasteiger partial charge in [-0.3, -0.25) is 4.57 Å². The number of pyridine rings is 1. The summed E-state index contributed by atoms with van der Waals surface area (Å²) in [7, 11) is 0. The lowest BCUT2D eigenvalue weighted by atomic mass is 9.77. The van der Waals surface area contributed by atoms with Crippen LogP contribution in [0.4, 0.5) is 11.4 Å². The third-order valence-corrected chi connectivity index (χ3v) is 15.3. The van der Waals surface area contributed by atoms with E-state index in [-0.39, 0.29) is 27.1 Å². The molecule has 0 spiro atoms. The van der Waals surface area contributed by atoms with E-state index in [9.17, 15) is 0 Å². The van der Waals surface area contributed by atoms with Gasteiger partial charge in [-0.05, 0) is 116 Å². The van der Waals surface area contributed by atoms with Gasteiger partial charge in [-0.15, -0.1) is 0 Å². The SMILES string of the molecule is CC(C)(C)C1=CN(c2cc(-c3ccccc3)cc(C(C)(C)c3ccccc3)c2)CN1c1cc(Oc2ccc3c4cc(C(C)(C)c5ccccc5)ccc4n(-c4cc(C(C)(C)C)ccn4)c3c2)cc(C(C)(C)C)c1. The molecule has 370 valence electrons. The maximum Gasteiger partial charge on any atom is 0.137 e. The number of hydrogen-bond acceptors (Lipinski definition) is 4. The van der Waals surface area contributed by atoms with E-state index in [2.05, 4.69) is 287 Å². The normalized spacial score (nSPS) is 13.8. The van der Waals surface area contributed by atoms with Gasteiger partial charge in [-0.25, -0.2) is 4.98 Å². The Morgan fingerprint density at radius 3 is 1.66 bits per heavy atom. The van der Waals surface area contributed by atoms with Crippen molar-refractivity contribution in [2.24, 2.45) is 5.41 Å². The van der Waals surface area contributed by atoms with Gasteiger partial charge in [0.05, 0.1) is 17.7 Å². The number of ether oxygens (including phenoxy) is 1. The minimum absolute atomic E-state index is 0.0454. The highest BCUT2D eigenvalue weighted by Crippen LogP contribution is 2.45. The van der Waals surface area contributed by atoms with Crippen LogP contribution in [0.25, 0.3) is 38.8 Å². The van der Waals surface area contributed by atoms with Crippen LogP contribution >= 0.6 is 0 Å². The van der Waals surface area contributed by atoms with E-state index < -0.39 is 0 Å². The zero-order valence-electron chi connectivity index (χ0n) is 45.3. The molecule has 0 aliphatic carbocycles. The van der Waals surface area contributed by atoms with Crippen LogP contribution in [0.1, 0.15) is 123 Å². The number of rotatable bonds is 10. The minimum atomic E-state index is -0.226. The second kappa shape index (κ2) is 18.3. The van der Waals surface area contributed by atoms with E-state index >= 15 is 0 Å². The van der Waals surface area contributed by atoms with Crippen molar-refractivity contribution in [2.75, 3.05) is 16.5 Å². The summed E-state index contributed by atoms with van der Waals surface area (Å²) < 4.78 is 9.44. The Morgan fingerprint density at radius 1 is 0.411 bits per heavy atom. The molecule has 0 saturated carbocycles. The predicted molar refractivity (Wildman–Crippen MR) is 309 cm³/mol. The lowest BCUT2D eigenvalue weighted by Gasteiger charge is -2.32. The molecule has 1 aliphatic rings. The van der Waals surface area contributed by atoms with E-state index in [0.717, 1.165) is 45.1 Å². The number of aromatic nitrogens is 2. The van der Waals surface area contributed by atoms with E-state index in [1.54, 1.807) is 0 Å². The van der Waals surface area contributed by atoms with E-state index in [0.29, 0.717) is 6.67 Å². The summed E-state index contributed by atoms with van der Waals surface area (Å²) in [6.07, 6.45) is 4.32. The standard InChI is InChI=1S/C68H72N4O/c1-64(2,3)50-33-34-69-63(41-50)72-60-32-29-51(67(10,11)48-25-19-15-20-26-48)40-59(60)58-31-30-56(43-61(58)72)73-57-39-52(65(4,5)6)37-55(42-57)71-45-70(44-62(71)66(7,8)9)54-36-47(46-23-17-14-18-24-46)35-53(38-54)68(12,13)49-27-21-16-22-28-49/h14-44H,45H2,1-13H3. The Labute approximate surface area is 434 Å². The smallest absolute Gasteiger partial charge is 0.137 e. The first-order valence-corrected chi connectivity index (χ1v) is 26.0. The average Bonchev–Trinajstić information content (AvgIpc) is 3.97. The predicted octanol–water partition coefficient (Wildman–Crippen LogP) is 18.1. The van der Waals surface area contributed by atoms with Crippen molar-refractivity contribution in [3.63, 3.8) is 0 Å². The number of anilines is 2. The van der Waals surface area contributed by atoms with Crippen LogP contribution in [-0.2, 0) is 21.7 Å². The first kappa shape index (κ1) is 49.2. The first-order valence-electron chi connectivity index (χ1n) is 26.0. The van der Waals surface area contributed by atoms with Crippen LogP contribution in [0.5, 0.6) is 11.5 Å². The lowest BCUT2D eigenvalue weighted by molar-refractivity contribution is 0.477. The Balaban J connectivity index is 1.07. The Kier molecular flexibility index (Phi) is 12.3. The molecule has 3 heterocycles. The Morgan fingerprint density at radius 2 is 1.03 bits per heavy atom. The van der Waals surface area contributed by atoms with Gasteiger partial charge < -0.3 is 14.5 Å². The zero-order valence-corrected chi connectivity index (χ0v) is 45.3. The second-order valence-corrected chi connectivity index (χ2v) is 24.4. The van der Waals surface area contributed by atoms with Crippen molar-refractivity contribution in [2.45, 2.75) is 112 Å². The summed E-state index contributed by atoms with van der Waals surface area (Å²) in [6, 6.07) is 64.3. The molecule has 0 fully saturated rings. The van der Waals surface area contributed by atoms with Gasteiger partial charge in [-0.2, -0.15) is 0 Å². The van der Waals surface area contributed by atoms with Gasteiger partial charge in [0.2, 0.25) is 0 Å². The molecule has 0 unspecified atom stereocenters. The third-order valence-electron chi connectivity index (χ3n) is 15.3. The minimum Gasteiger partial charge on any atom is -0.457 e. The van der Waals surface area contributed by atoms with Crippen molar-refractivity contribution in [1.29, 1.82) is 0 Å². The Hall–Kier alpha value is -7.37. The van der Waals surface area contributed by atoms with Crippen LogP contribution in [0, 0.1) is 5.41 Å². The van der Waals surface area contributed by atoms with Gasteiger partial charge in [0.15, 0.2) is 0 Å². The molecule has 10 rings (SSSR count). The van der Waals surface area contributed by atoms with Crippen molar-refractivity contribution < 1.29 is 4.74 Å². The van der Waals surface area contributed by atoms with Crippen molar-refractivity contribution in [3.8, 4) is 28.4 Å². The highest BCUT2D eigenvalue weighted by molar-refractivity contribution is 6.10. The molecule has 0 radical (unpaired) electrons. The van der Waals surface area contributed by atoms with Gasteiger partial charge in [0, 0.05) is 68.6 Å². The first-order chi connectivity index (χ1) is 34.6. The summed E-state index contributed by atoms with van der Waals surface area (Å²) in [5.41, 5.74) is 14.8. The van der Waals surface area contributed by atoms with E-state index in [4.69, 9.17) is 9.72 Å². The molecule has 73 heavy (non-hydrogen) atoms. The van der Waals surface area contributed by atoms with Crippen LogP contribution in [0.15, 0.2) is 194 Å². The summed E-state index contributed by atoms with van der Waals surface area (Å²) in [6.45, 7) is 30.5. The largest absolute Gasteiger partial charge is 0.457 e. The van der Waals surface area contributed by atoms with Crippen molar-refractivity contribution in [3.05, 3.63) is 227 Å². The monoisotopic (exact) mass is 961 g/mol. The average molecular weight is 961 g/mol. The molecule has 1 aliphatic heterocycles. The lowest BCUT2D eigenvalue weighted by Crippen LogP contribution is -2.31. The molecular weight excluding hydrogens is 889 g/mol. The molecule has 2 aromatic heterocycles. The fourth-order valence-electron chi connectivity index (χ4n) is 10.5. The highest BCUT2D eigenvalue weighted by Gasteiger charge is 2.34. The molecule has 0 N–H and O–H groups in total. The van der Waals surface area contributed by atoms with Gasteiger partial charge >= 0.3 is 0 Å². The number of allylic oxidation sites excluding steroid dienone is 1. The second-order valence-electron chi connectivity index (χ2n) is 24.4. The number of hydrogen-bond donors (Lipinski definition) is 0. The fourth-order valence-corrected chi connectivity index (χ4v) is 10.5. The number of benzene rings is 7. The maximum absolute atomic E-state index is 7.12. The highest BCUT2D eigenvalue weighted by atomic mass is 16.5. The third kappa shape index (κ3) is 9.59. The molecule has 7 aromatic carbocycles. The molecule has 0 bridgehead atoms. The van der Waals surface area contributed by atoms with Gasteiger partial charge in [0.1, 0.15) is 17.3 Å². The van der Waals surface area contributed by atoms with Crippen molar-refractivity contribution in [1.82, 2.24) is 9.55 Å². The molecule has 5 nitrogen and oxygen atoms in total. The van der Waals surface area contributed by atoms with E-state index in [1.165, 1.54) is 55.6 Å². The van der Waals surface area contributed by atoms with Crippen LogP contribution < -0.4 is 14.5 Å². The molecule has 0 saturated heterocycles. The van der Waals surface area contributed by atoms with Gasteiger partial charge in [0.25, 0.3) is 0 Å².